The number of nitrogens with zero attached hydrogens (tertiary/aromatic N) is 1. The van der Waals surface area contributed by atoms with Crippen molar-refractivity contribution < 1.29 is 4.79 Å². The van der Waals surface area contributed by atoms with Gasteiger partial charge in [-0.2, -0.15) is 0 Å². The Morgan fingerprint density at radius 1 is 1.31 bits per heavy atom. The summed E-state index contributed by atoms with van der Waals surface area (Å²) in [5.74, 6) is 0.381. The fraction of sp³-hybridized carbons (Fsp3) is 0.909. The number of piperidine rings is 1. The predicted octanol–water partition coefficient (Wildman–Crippen LogP) is 2.09. The molecule has 0 aromatic rings. The molecule has 0 spiro atoms. The molecule has 1 saturated heterocycles. The second-order valence-corrected chi connectivity index (χ2v) is 5.91. The maximum Gasteiger partial charge on any atom is 0.147 e. The number of ketones is 1. The first-order valence-corrected chi connectivity index (χ1v) is 4.97. The number of rotatable bonds is 0. The molecule has 13 heavy (non-hydrogen) atoms. The zero-order chi connectivity index (χ0) is 10.3. The Morgan fingerprint density at radius 2 is 1.85 bits per heavy atom. The molecule has 0 aromatic carbocycles. The van der Waals surface area contributed by atoms with Crippen LogP contribution in [0, 0.1) is 5.41 Å². The van der Waals surface area contributed by atoms with Crippen molar-refractivity contribution in [2.75, 3.05) is 13.1 Å². The molecule has 76 valence electrons. The molecule has 0 saturated carbocycles. The number of carbonyl (C=O) groups is 1. The smallest absolute Gasteiger partial charge is 0.147 e. The van der Waals surface area contributed by atoms with Gasteiger partial charge in [0.1, 0.15) is 5.78 Å². The standard InChI is InChI=1S/C11H21NO/c1-10(2,3)12-7-9(13)6-11(4,5)8-12/h6-8H2,1-5H3. The maximum absolute atomic E-state index is 11.5. The third kappa shape index (κ3) is 2.80. The summed E-state index contributed by atoms with van der Waals surface area (Å²) in [4.78, 5) is 13.8. The van der Waals surface area contributed by atoms with Crippen LogP contribution in [0.1, 0.15) is 41.0 Å². The molecule has 1 aliphatic heterocycles. The first kappa shape index (κ1) is 10.7. The highest BCUT2D eigenvalue weighted by Crippen LogP contribution is 2.30. The Labute approximate surface area is 81.3 Å². The topological polar surface area (TPSA) is 20.3 Å². The molecular formula is C11H21NO. The quantitative estimate of drug-likeness (QED) is 0.573. The summed E-state index contributed by atoms with van der Waals surface area (Å²) in [6.07, 6.45) is 0.736. The van der Waals surface area contributed by atoms with Gasteiger partial charge in [-0.15, -0.1) is 0 Å². The molecule has 2 nitrogen and oxygen atoms in total. The van der Waals surface area contributed by atoms with E-state index in [0.29, 0.717) is 12.3 Å². The van der Waals surface area contributed by atoms with Crippen LogP contribution >= 0.6 is 0 Å². The van der Waals surface area contributed by atoms with E-state index in [0.717, 1.165) is 13.0 Å². The summed E-state index contributed by atoms with van der Waals surface area (Å²) in [7, 11) is 0. The van der Waals surface area contributed by atoms with E-state index in [-0.39, 0.29) is 11.0 Å². The van der Waals surface area contributed by atoms with Crippen LogP contribution in [0.15, 0.2) is 0 Å². The van der Waals surface area contributed by atoms with E-state index in [4.69, 9.17) is 0 Å². The molecule has 0 amide bonds. The molecule has 0 atom stereocenters. The molecule has 0 bridgehead atoms. The van der Waals surface area contributed by atoms with Crippen LogP contribution < -0.4 is 0 Å². The van der Waals surface area contributed by atoms with E-state index in [1.54, 1.807) is 0 Å². The second kappa shape index (κ2) is 3.09. The van der Waals surface area contributed by atoms with Crippen molar-refractivity contribution in [2.45, 2.75) is 46.6 Å². The van der Waals surface area contributed by atoms with Crippen LogP contribution in [-0.2, 0) is 4.79 Å². The molecule has 0 aliphatic carbocycles. The van der Waals surface area contributed by atoms with Gasteiger partial charge in [0.15, 0.2) is 0 Å². The third-order valence-corrected chi connectivity index (χ3v) is 2.61. The third-order valence-electron chi connectivity index (χ3n) is 2.61. The predicted molar refractivity (Wildman–Crippen MR) is 54.7 cm³/mol. The number of Topliss-reactive ketones (excluding diaryl/α,β-unsaturated/α-hetero) is 1. The monoisotopic (exact) mass is 183 g/mol. The van der Waals surface area contributed by atoms with Crippen molar-refractivity contribution in [1.82, 2.24) is 4.90 Å². The molecule has 1 rings (SSSR count). The Kier molecular flexibility index (Phi) is 2.54. The van der Waals surface area contributed by atoms with E-state index < -0.39 is 0 Å². The first-order valence-electron chi connectivity index (χ1n) is 4.97. The number of hydrogen-bond acceptors (Lipinski definition) is 2. The highest BCUT2D eigenvalue weighted by atomic mass is 16.1. The Hall–Kier alpha value is -0.370. The number of hydrogen-bond donors (Lipinski definition) is 0. The lowest BCUT2D eigenvalue weighted by atomic mass is 9.81. The van der Waals surface area contributed by atoms with Crippen molar-refractivity contribution in [1.29, 1.82) is 0 Å². The molecule has 0 unspecified atom stereocenters. The molecule has 0 radical (unpaired) electrons. The summed E-state index contributed by atoms with van der Waals surface area (Å²) in [5, 5.41) is 0. The Morgan fingerprint density at radius 3 is 2.23 bits per heavy atom. The van der Waals surface area contributed by atoms with Crippen molar-refractivity contribution in [3.63, 3.8) is 0 Å². The van der Waals surface area contributed by atoms with E-state index in [2.05, 4.69) is 39.5 Å². The largest absolute Gasteiger partial charge is 0.298 e. The normalized spacial score (nSPS) is 24.8. The van der Waals surface area contributed by atoms with Gasteiger partial charge in [0.2, 0.25) is 0 Å². The minimum absolute atomic E-state index is 0.118. The van der Waals surface area contributed by atoms with Crippen LogP contribution in [0.2, 0.25) is 0 Å². The lowest BCUT2D eigenvalue weighted by molar-refractivity contribution is -0.128. The molecule has 1 aliphatic rings. The summed E-state index contributed by atoms with van der Waals surface area (Å²) in [6.45, 7) is 12.5. The van der Waals surface area contributed by atoms with Gasteiger partial charge < -0.3 is 0 Å². The highest BCUT2D eigenvalue weighted by Gasteiger charge is 2.35. The Balaban J connectivity index is 2.74. The Bertz CT molecular complexity index is 213. The van der Waals surface area contributed by atoms with Gasteiger partial charge >= 0.3 is 0 Å². The van der Waals surface area contributed by atoms with Crippen LogP contribution in [-0.4, -0.2) is 29.3 Å². The van der Waals surface area contributed by atoms with E-state index >= 15 is 0 Å². The SMILES string of the molecule is CC1(C)CC(=O)CN(C(C)(C)C)C1. The van der Waals surface area contributed by atoms with Crippen molar-refractivity contribution in [3.05, 3.63) is 0 Å². The van der Waals surface area contributed by atoms with E-state index in [1.165, 1.54) is 0 Å². The minimum Gasteiger partial charge on any atom is -0.298 e. The number of carbonyl (C=O) groups excluding carboxylic acids is 1. The van der Waals surface area contributed by atoms with Gasteiger partial charge in [0, 0.05) is 18.5 Å². The molecule has 0 N–H and O–H groups in total. The van der Waals surface area contributed by atoms with Gasteiger partial charge in [0.25, 0.3) is 0 Å². The average Bonchev–Trinajstić information content (AvgIpc) is 1.79. The summed E-state index contributed by atoms with van der Waals surface area (Å²) in [6, 6.07) is 0. The average molecular weight is 183 g/mol. The van der Waals surface area contributed by atoms with Gasteiger partial charge in [-0.1, -0.05) is 13.8 Å². The summed E-state index contributed by atoms with van der Waals surface area (Å²) < 4.78 is 0. The van der Waals surface area contributed by atoms with Gasteiger partial charge in [0.05, 0.1) is 6.54 Å². The zero-order valence-electron chi connectivity index (χ0n) is 9.48. The van der Waals surface area contributed by atoms with E-state index in [1.807, 2.05) is 0 Å². The summed E-state index contributed by atoms with van der Waals surface area (Å²) in [5.41, 5.74) is 0.274. The first-order chi connectivity index (χ1) is 5.71. The van der Waals surface area contributed by atoms with Crippen LogP contribution in [0.4, 0.5) is 0 Å². The van der Waals surface area contributed by atoms with Crippen molar-refractivity contribution in [3.8, 4) is 0 Å². The van der Waals surface area contributed by atoms with Gasteiger partial charge in [-0.05, 0) is 26.2 Å². The molecular weight excluding hydrogens is 162 g/mol. The van der Waals surface area contributed by atoms with E-state index in [9.17, 15) is 4.79 Å². The fourth-order valence-corrected chi connectivity index (χ4v) is 1.91. The van der Waals surface area contributed by atoms with Crippen molar-refractivity contribution >= 4 is 5.78 Å². The van der Waals surface area contributed by atoms with Crippen molar-refractivity contribution in [2.24, 2.45) is 5.41 Å². The lowest BCUT2D eigenvalue weighted by Crippen LogP contribution is -2.53. The molecule has 1 fully saturated rings. The maximum atomic E-state index is 11.5. The highest BCUT2D eigenvalue weighted by molar-refractivity contribution is 5.82. The second-order valence-electron chi connectivity index (χ2n) is 5.91. The lowest BCUT2D eigenvalue weighted by Gasteiger charge is -2.44. The molecule has 0 aromatic heterocycles. The van der Waals surface area contributed by atoms with Crippen LogP contribution in [0.5, 0.6) is 0 Å². The molecule has 2 heteroatoms. The minimum atomic E-state index is 0.118. The van der Waals surface area contributed by atoms with Crippen LogP contribution in [0.3, 0.4) is 0 Å². The zero-order valence-corrected chi connectivity index (χ0v) is 9.48. The fourth-order valence-electron chi connectivity index (χ4n) is 1.91. The summed E-state index contributed by atoms with van der Waals surface area (Å²) >= 11 is 0. The molecule has 1 heterocycles. The van der Waals surface area contributed by atoms with Crippen LogP contribution in [0.25, 0.3) is 0 Å². The van der Waals surface area contributed by atoms with Gasteiger partial charge in [-0.3, -0.25) is 9.69 Å². The number of likely N-dealkylation sites (tertiary alicyclic amines) is 1. The van der Waals surface area contributed by atoms with Gasteiger partial charge in [-0.25, -0.2) is 0 Å².